The largest absolute Gasteiger partial charge is 0.123 e. The Hall–Kier alpha value is -1.01. The van der Waals surface area contributed by atoms with Crippen LogP contribution in [0, 0.1) is 5.92 Å². The number of alkyl halides is 1. The van der Waals surface area contributed by atoms with Crippen molar-refractivity contribution in [2.45, 2.75) is 31.1 Å². The number of fused-ring (bicyclic) bond motifs is 1. The van der Waals surface area contributed by atoms with Crippen LogP contribution in [0.1, 0.15) is 24.8 Å². The summed E-state index contributed by atoms with van der Waals surface area (Å²) in [5.74, 6) is 0.803. The molecule has 17 heavy (non-hydrogen) atoms. The predicted molar refractivity (Wildman–Crippen MR) is 74.6 cm³/mol. The highest BCUT2D eigenvalue weighted by Gasteiger charge is 2.29. The van der Waals surface area contributed by atoms with Gasteiger partial charge in [-0.05, 0) is 47.9 Å². The van der Waals surface area contributed by atoms with Gasteiger partial charge in [0.25, 0.3) is 0 Å². The Kier molecular flexibility index (Phi) is 3.07. The second-order valence-electron chi connectivity index (χ2n) is 5.07. The van der Waals surface area contributed by atoms with Gasteiger partial charge in [-0.3, -0.25) is 0 Å². The van der Waals surface area contributed by atoms with Crippen LogP contribution in [0.25, 0.3) is 10.8 Å². The summed E-state index contributed by atoms with van der Waals surface area (Å²) in [6, 6.07) is 15.3. The molecule has 2 aromatic carbocycles. The average Bonchev–Trinajstić information content (AvgIpc) is 3.20. The molecule has 1 atom stereocenters. The molecule has 0 aliphatic heterocycles. The van der Waals surface area contributed by atoms with Crippen LogP contribution in [0.4, 0.5) is 0 Å². The zero-order valence-electron chi connectivity index (χ0n) is 9.90. The van der Waals surface area contributed by atoms with Crippen molar-refractivity contribution >= 4 is 22.4 Å². The molecule has 1 aliphatic carbocycles. The van der Waals surface area contributed by atoms with Crippen LogP contribution >= 0.6 is 11.6 Å². The van der Waals surface area contributed by atoms with Crippen molar-refractivity contribution in [2.24, 2.45) is 5.92 Å². The minimum atomic E-state index is 0.390. The Bertz CT molecular complexity index is 514. The van der Waals surface area contributed by atoms with E-state index in [9.17, 15) is 0 Å². The molecule has 0 aromatic heterocycles. The zero-order chi connectivity index (χ0) is 11.7. The number of hydrogen-bond acceptors (Lipinski definition) is 0. The van der Waals surface area contributed by atoms with Gasteiger partial charge in [-0.1, -0.05) is 42.5 Å². The number of halogens is 1. The van der Waals surface area contributed by atoms with Gasteiger partial charge in [-0.15, -0.1) is 11.6 Å². The molecule has 1 aliphatic rings. The lowest BCUT2D eigenvalue weighted by Gasteiger charge is -2.08. The lowest BCUT2D eigenvalue weighted by molar-refractivity contribution is 0.677. The van der Waals surface area contributed by atoms with E-state index in [2.05, 4.69) is 42.5 Å². The normalized spacial score (nSPS) is 17.2. The number of hydrogen-bond donors (Lipinski definition) is 0. The fourth-order valence-corrected chi connectivity index (χ4v) is 2.75. The van der Waals surface area contributed by atoms with Crippen molar-refractivity contribution in [3.8, 4) is 0 Å². The first-order chi connectivity index (χ1) is 8.33. The van der Waals surface area contributed by atoms with Gasteiger partial charge in [-0.25, -0.2) is 0 Å². The summed E-state index contributed by atoms with van der Waals surface area (Å²) in [7, 11) is 0. The Morgan fingerprint density at radius 3 is 2.59 bits per heavy atom. The van der Waals surface area contributed by atoms with Gasteiger partial charge >= 0.3 is 0 Å². The van der Waals surface area contributed by atoms with Crippen molar-refractivity contribution in [3.63, 3.8) is 0 Å². The third kappa shape index (κ3) is 2.63. The highest BCUT2D eigenvalue weighted by atomic mass is 35.5. The van der Waals surface area contributed by atoms with E-state index >= 15 is 0 Å². The fourth-order valence-electron chi connectivity index (χ4n) is 2.39. The van der Waals surface area contributed by atoms with E-state index in [4.69, 9.17) is 11.6 Å². The van der Waals surface area contributed by atoms with Crippen molar-refractivity contribution < 1.29 is 0 Å². The highest BCUT2D eigenvalue weighted by molar-refractivity contribution is 6.20. The maximum Gasteiger partial charge on any atom is 0.0367 e. The van der Waals surface area contributed by atoms with Crippen LogP contribution in [0.5, 0.6) is 0 Å². The molecule has 1 saturated carbocycles. The Labute approximate surface area is 108 Å². The zero-order valence-corrected chi connectivity index (χ0v) is 10.7. The number of rotatable bonds is 4. The van der Waals surface area contributed by atoms with Gasteiger partial charge in [0.1, 0.15) is 0 Å². The molecular formula is C16H17Cl. The summed E-state index contributed by atoms with van der Waals surface area (Å²) in [6.07, 6.45) is 4.90. The summed E-state index contributed by atoms with van der Waals surface area (Å²) in [4.78, 5) is 0. The highest BCUT2D eigenvalue weighted by Crippen LogP contribution is 2.37. The Morgan fingerprint density at radius 1 is 1.06 bits per heavy atom. The van der Waals surface area contributed by atoms with Crippen LogP contribution in [0.2, 0.25) is 0 Å². The monoisotopic (exact) mass is 244 g/mol. The summed E-state index contributed by atoms with van der Waals surface area (Å²) in [6.45, 7) is 0. The quantitative estimate of drug-likeness (QED) is 0.679. The summed E-state index contributed by atoms with van der Waals surface area (Å²) >= 11 is 6.35. The predicted octanol–water partition coefficient (Wildman–Crippen LogP) is 4.79. The molecule has 1 fully saturated rings. The van der Waals surface area contributed by atoms with Gasteiger partial charge in [0.15, 0.2) is 0 Å². The molecule has 0 bridgehead atoms. The average molecular weight is 245 g/mol. The first-order valence-corrected chi connectivity index (χ1v) is 6.88. The summed E-state index contributed by atoms with van der Waals surface area (Å²) in [5.41, 5.74) is 1.41. The van der Waals surface area contributed by atoms with E-state index in [0.717, 1.165) is 18.8 Å². The minimum Gasteiger partial charge on any atom is -0.123 e. The van der Waals surface area contributed by atoms with Crippen LogP contribution in [0.3, 0.4) is 0 Å². The van der Waals surface area contributed by atoms with E-state index in [1.807, 2.05) is 0 Å². The van der Waals surface area contributed by atoms with E-state index in [1.165, 1.54) is 29.2 Å². The van der Waals surface area contributed by atoms with Crippen molar-refractivity contribution in [1.29, 1.82) is 0 Å². The summed E-state index contributed by atoms with van der Waals surface area (Å²) < 4.78 is 0. The fraction of sp³-hybridized carbons (Fsp3) is 0.375. The second kappa shape index (κ2) is 4.70. The van der Waals surface area contributed by atoms with Crippen molar-refractivity contribution in [2.75, 3.05) is 0 Å². The van der Waals surface area contributed by atoms with Gasteiger partial charge < -0.3 is 0 Å². The third-order valence-electron chi connectivity index (χ3n) is 3.66. The van der Waals surface area contributed by atoms with Crippen LogP contribution in [-0.4, -0.2) is 5.38 Å². The van der Waals surface area contributed by atoms with Gasteiger partial charge in [-0.2, -0.15) is 0 Å². The Morgan fingerprint density at radius 2 is 1.82 bits per heavy atom. The van der Waals surface area contributed by atoms with E-state index in [0.29, 0.717) is 5.38 Å². The van der Waals surface area contributed by atoms with Crippen LogP contribution in [-0.2, 0) is 6.42 Å². The van der Waals surface area contributed by atoms with Crippen molar-refractivity contribution in [1.82, 2.24) is 0 Å². The van der Waals surface area contributed by atoms with Gasteiger partial charge in [0.05, 0.1) is 0 Å². The molecule has 88 valence electrons. The lowest BCUT2D eigenvalue weighted by Crippen LogP contribution is -2.02. The second-order valence-corrected chi connectivity index (χ2v) is 5.63. The topological polar surface area (TPSA) is 0 Å². The number of benzene rings is 2. The first kappa shape index (κ1) is 11.1. The molecular weight excluding hydrogens is 228 g/mol. The Balaban J connectivity index is 1.71. The standard InChI is InChI=1S/C16H17Cl/c17-16(14-8-9-14)10-6-12-5-7-13-3-1-2-4-15(13)11-12/h1-5,7,11,14,16H,6,8-10H2. The third-order valence-corrected chi connectivity index (χ3v) is 4.23. The van der Waals surface area contributed by atoms with E-state index in [1.54, 1.807) is 0 Å². The molecule has 0 amide bonds. The van der Waals surface area contributed by atoms with Gasteiger partial charge in [0, 0.05) is 5.38 Å². The lowest BCUT2D eigenvalue weighted by atomic mass is 10.0. The van der Waals surface area contributed by atoms with Crippen molar-refractivity contribution in [3.05, 3.63) is 48.0 Å². The van der Waals surface area contributed by atoms with Crippen LogP contribution in [0.15, 0.2) is 42.5 Å². The van der Waals surface area contributed by atoms with E-state index in [-0.39, 0.29) is 0 Å². The molecule has 3 rings (SSSR count). The maximum absolute atomic E-state index is 6.35. The molecule has 1 heteroatoms. The molecule has 0 spiro atoms. The molecule has 0 radical (unpaired) electrons. The van der Waals surface area contributed by atoms with Crippen LogP contribution < -0.4 is 0 Å². The smallest absolute Gasteiger partial charge is 0.0367 e. The molecule has 0 heterocycles. The SMILES string of the molecule is ClC(CCc1ccc2ccccc2c1)C1CC1. The molecule has 1 unspecified atom stereocenters. The molecule has 0 N–H and O–H groups in total. The molecule has 0 saturated heterocycles. The first-order valence-electron chi connectivity index (χ1n) is 6.45. The maximum atomic E-state index is 6.35. The molecule has 0 nitrogen and oxygen atoms in total. The minimum absolute atomic E-state index is 0.390. The molecule has 2 aromatic rings. The van der Waals surface area contributed by atoms with E-state index < -0.39 is 0 Å². The summed E-state index contributed by atoms with van der Waals surface area (Å²) in [5, 5.41) is 3.05. The number of aryl methyl sites for hydroxylation is 1. The van der Waals surface area contributed by atoms with Gasteiger partial charge in [0.2, 0.25) is 0 Å².